The number of hydrogen-bond acceptors (Lipinski definition) is 6. The van der Waals surface area contributed by atoms with Crippen LogP contribution in [0, 0.1) is 10.1 Å². The largest absolute Gasteiger partial charge is 0.274 e. The summed E-state index contributed by atoms with van der Waals surface area (Å²) >= 11 is 5.75. The predicted molar refractivity (Wildman–Crippen MR) is 101 cm³/mol. The summed E-state index contributed by atoms with van der Waals surface area (Å²) in [5, 5.41) is 15.3. The number of sulfonamides is 1. The molecule has 144 valence electrons. The van der Waals surface area contributed by atoms with Crippen molar-refractivity contribution in [2.45, 2.75) is 4.90 Å². The van der Waals surface area contributed by atoms with Gasteiger partial charge in [-0.2, -0.15) is 5.10 Å². The summed E-state index contributed by atoms with van der Waals surface area (Å²) in [6.07, 6.45) is 1.36. The summed E-state index contributed by atoms with van der Waals surface area (Å²) in [6, 6.07) is 10.8. The van der Waals surface area contributed by atoms with Crippen LogP contribution in [0.25, 0.3) is 11.3 Å². The van der Waals surface area contributed by atoms with Crippen molar-refractivity contribution in [3.8, 4) is 11.3 Å². The summed E-state index contributed by atoms with van der Waals surface area (Å²) in [5.41, 5.74) is 0.520. The Balaban J connectivity index is 1.92. The zero-order valence-corrected chi connectivity index (χ0v) is 15.9. The van der Waals surface area contributed by atoms with E-state index in [0.29, 0.717) is 10.6 Å². The van der Waals surface area contributed by atoms with Gasteiger partial charge in [0.2, 0.25) is 0 Å². The maximum Gasteiger partial charge on any atom is 0.269 e. The minimum Gasteiger partial charge on any atom is -0.274 e. The maximum absolute atomic E-state index is 12.6. The number of carbonyl (C=O) groups is 1. The van der Waals surface area contributed by atoms with E-state index in [2.05, 4.69) is 5.10 Å². The Morgan fingerprint density at radius 2 is 1.75 bits per heavy atom. The third-order valence-corrected chi connectivity index (χ3v) is 5.37. The van der Waals surface area contributed by atoms with Gasteiger partial charge in [-0.15, -0.1) is 0 Å². The van der Waals surface area contributed by atoms with Crippen molar-refractivity contribution in [2.24, 2.45) is 7.05 Å². The van der Waals surface area contributed by atoms with E-state index in [0.717, 1.165) is 0 Å². The molecule has 0 saturated carbocycles. The summed E-state index contributed by atoms with van der Waals surface area (Å²) in [4.78, 5) is 22.7. The molecule has 0 unspecified atom stereocenters. The molecule has 0 aliphatic heterocycles. The van der Waals surface area contributed by atoms with Gasteiger partial charge in [0.05, 0.1) is 15.4 Å². The van der Waals surface area contributed by atoms with Gasteiger partial charge in [-0.3, -0.25) is 19.6 Å². The van der Waals surface area contributed by atoms with Crippen LogP contribution in [0.5, 0.6) is 0 Å². The lowest BCUT2D eigenvalue weighted by atomic mass is 10.1. The summed E-state index contributed by atoms with van der Waals surface area (Å²) < 4.78 is 28.2. The first-order valence-electron chi connectivity index (χ1n) is 7.78. The number of nitrogens with zero attached hydrogens (tertiary/aromatic N) is 3. The maximum atomic E-state index is 12.6. The van der Waals surface area contributed by atoms with Crippen LogP contribution >= 0.6 is 11.6 Å². The first kappa shape index (κ1) is 19.5. The minimum absolute atomic E-state index is 0.00823. The molecule has 1 aromatic heterocycles. The van der Waals surface area contributed by atoms with Gasteiger partial charge in [0, 0.05) is 36.0 Å². The van der Waals surface area contributed by atoms with Gasteiger partial charge in [-0.1, -0.05) is 11.6 Å². The normalized spacial score (nSPS) is 11.2. The Morgan fingerprint density at radius 3 is 2.32 bits per heavy atom. The molecule has 2 aromatic carbocycles. The van der Waals surface area contributed by atoms with Gasteiger partial charge in [-0.25, -0.2) is 13.1 Å². The first-order valence-corrected chi connectivity index (χ1v) is 9.64. The van der Waals surface area contributed by atoms with E-state index >= 15 is 0 Å². The second-order valence-electron chi connectivity index (χ2n) is 5.76. The van der Waals surface area contributed by atoms with Crippen molar-refractivity contribution in [1.29, 1.82) is 0 Å². The molecule has 0 radical (unpaired) electrons. The Morgan fingerprint density at radius 1 is 1.14 bits per heavy atom. The van der Waals surface area contributed by atoms with Crippen LogP contribution in [-0.2, 0) is 17.1 Å². The van der Waals surface area contributed by atoms with Crippen molar-refractivity contribution in [3.05, 3.63) is 75.4 Å². The molecule has 0 aliphatic carbocycles. The topological polar surface area (TPSA) is 124 Å². The highest BCUT2D eigenvalue weighted by Crippen LogP contribution is 2.25. The van der Waals surface area contributed by atoms with Crippen molar-refractivity contribution in [3.63, 3.8) is 0 Å². The number of nitrogens with one attached hydrogen (secondary N) is 1. The quantitative estimate of drug-likeness (QED) is 0.499. The van der Waals surface area contributed by atoms with Crippen molar-refractivity contribution >= 4 is 33.2 Å². The lowest BCUT2D eigenvalue weighted by Gasteiger charge is -2.07. The molecule has 1 N–H and O–H groups in total. The number of hydrogen-bond donors (Lipinski definition) is 1. The molecule has 0 aliphatic rings. The molecule has 0 fully saturated rings. The SMILES string of the molecule is Cn1cc(C(=O)NS(=O)(=O)c2ccc(Cl)cc2)c(-c2ccc([N+](=O)[O-])cc2)n1. The zero-order valence-electron chi connectivity index (χ0n) is 14.4. The third kappa shape index (κ3) is 4.02. The number of aryl methyl sites for hydroxylation is 1. The highest BCUT2D eigenvalue weighted by Gasteiger charge is 2.23. The molecule has 9 nitrogen and oxygen atoms in total. The van der Waals surface area contributed by atoms with E-state index in [-0.39, 0.29) is 21.8 Å². The Labute approximate surface area is 164 Å². The molecule has 0 spiro atoms. The van der Waals surface area contributed by atoms with E-state index in [1.165, 1.54) is 59.4 Å². The number of nitro benzene ring substituents is 1. The minimum atomic E-state index is -4.12. The number of aromatic nitrogens is 2. The lowest BCUT2D eigenvalue weighted by Crippen LogP contribution is -2.30. The molecule has 0 saturated heterocycles. The number of benzene rings is 2. The van der Waals surface area contributed by atoms with Crippen LogP contribution in [0.15, 0.2) is 59.6 Å². The molecule has 1 heterocycles. The monoisotopic (exact) mass is 420 g/mol. The molecule has 3 rings (SSSR count). The Bertz CT molecular complexity index is 1160. The van der Waals surface area contributed by atoms with Gasteiger partial charge < -0.3 is 0 Å². The first-order chi connectivity index (χ1) is 13.2. The standard InChI is InChI=1S/C17H13ClN4O5S/c1-21-10-15(16(19-21)11-2-6-13(7-3-11)22(24)25)17(23)20-28(26,27)14-8-4-12(18)5-9-14/h2-10H,1H3,(H,20,23). The molecular formula is C17H13ClN4O5S. The van der Waals surface area contributed by atoms with Crippen molar-refractivity contribution in [1.82, 2.24) is 14.5 Å². The highest BCUT2D eigenvalue weighted by atomic mass is 35.5. The van der Waals surface area contributed by atoms with Gasteiger partial charge >= 0.3 is 0 Å². The van der Waals surface area contributed by atoms with E-state index in [1.54, 1.807) is 7.05 Å². The molecule has 0 bridgehead atoms. The molecule has 0 atom stereocenters. The number of nitro groups is 1. The average molecular weight is 421 g/mol. The van der Waals surface area contributed by atoms with Crippen LogP contribution < -0.4 is 4.72 Å². The van der Waals surface area contributed by atoms with E-state index < -0.39 is 20.9 Å². The molecular weight excluding hydrogens is 408 g/mol. The molecule has 3 aromatic rings. The fourth-order valence-corrected chi connectivity index (χ4v) is 3.55. The highest BCUT2D eigenvalue weighted by molar-refractivity contribution is 7.90. The van der Waals surface area contributed by atoms with Gasteiger partial charge in [0.15, 0.2) is 0 Å². The Kier molecular flexibility index (Phi) is 5.16. The van der Waals surface area contributed by atoms with Crippen LogP contribution in [0.4, 0.5) is 5.69 Å². The fraction of sp³-hybridized carbons (Fsp3) is 0.0588. The van der Waals surface area contributed by atoms with Gasteiger partial charge in [0.25, 0.3) is 21.6 Å². The molecule has 11 heteroatoms. The summed E-state index contributed by atoms with van der Waals surface area (Å²) in [5.74, 6) is -0.878. The number of non-ortho nitro benzene ring substituents is 1. The van der Waals surface area contributed by atoms with Crippen LogP contribution in [0.2, 0.25) is 5.02 Å². The average Bonchev–Trinajstić information content (AvgIpc) is 3.04. The van der Waals surface area contributed by atoms with Gasteiger partial charge in [0.1, 0.15) is 5.69 Å². The number of amides is 1. The number of rotatable bonds is 5. The Hall–Kier alpha value is -3.24. The second kappa shape index (κ2) is 7.41. The van der Waals surface area contributed by atoms with Crippen molar-refractivity contribution < 1.29 is 18.1 Å². The van der Waals surface area contributed by atoms with Crippen LogP contribution in [0.3, 0.4) is 0 Å². The van der Waals surface area contributed by atoms with E-state index in [9.17, 15) is 23.3 Å². The smallest absolute Gasteiger partial charge is 0.269 e. The van der Waals surface area contributed by atoms with Crippen LogP contribution in [-0.4, -0.2) is 29.0 Å². The van der Waals surface area contributed by atoms with E-state index in [4.69, 9.17) is 11.6 Å². The van der Waals surface area contributed by atoms with E-state index in [1.807, 2.05) is 4.72 Å². The number of carbonyl (C=O) groups excluding carboxylic acids is 1. The van der Waals surface area contributed by atoms with Crippen LogP contribution in [0.1, 0.15) is 10.4 Å². The zero-order chi connectivity index (χ0) is 20.5. The molecule has 1 amide bonds. The fourth-order valence-electron chi connectivity index (χ4n) is 2.46. The summed E-state index contributed by atoms with van der Waals surface area (Å²) in [7, 11) is -2.55. The predicted octanol–water partition coefficient (Wildman–Crippen LogP) is 2.77. The lowest BCUT2D eigenvalue weighted by molar-refractivity contribution is -0.384. The summed E-state index contributed by atoms with van der Waals surface area (Å²) in [6.45, 7) is 0. The second-order valence-corrected chi connectivity index (χ2v) is 7.88. The number of halogens is 1. The van der Waals surface area contributed by atoms with Crippen molar-refractivity contribution in [2.75, 3.05) is 0 Å². The molecule has 28 heavy (non-hydrogen) atoms. The third-order valence-electron chi connectivity index (χ3n) is 3.78. The van der Waals surface area contributed by atoms with Gasteiger partial charge in [-0.05, 0) is 36.4 Å².